The van der Waals surface area contributed by atoms with Crippen LogP contribution in [0.2, 0.25) is 0 Å². The van der Waals surface area contributed by atoms with E-state index in [4.69, 9.17) is 20.3 Å². The molecule has 0 aliphatic heterocycles. The van der Waals surface area contributed by atoms with Gasteiger partial charge in [-0.3, -0.25) is 0 Å². The van der Waals surface area contributed by atoms with Crippen LogP contribution in [-0.2, 0) is 16.1 Å². The molecule has 0 aliphatic carbocycles. The number of ether oxygens (including phenoxy) is 2. The number of carbonyl (C=O) groups is 2. The number of carbonyl (C=O) groups excluding carboxylic acids is 1. The van der Waals surface area contributed by atoms with Gasteiger partial charge >= 0.3 is 12.1 Å². The number of hydrogen-bond donors (Lipinski definition) is 2. The molecule has 3 aromatic rings. The number of para-hydroxylation sites is 2. The fourth-order valence-corrected chi connectivity index (χ4v) is 3.35. The molecule has 0 aliphatic rings. The van der Waals surface area contributed by atoms with Crippen LogP contribution in [0, 0.1) is 0 Å². The Bertz CT molecular complexity index is 1060. The van der Waals surface area contributed by atoms with Gasteiger partial charge < -0.3 is 20.3 Å². The lowest BCUT2D eigenvalue weighted by atomic mass is 9.96. The molecule has 0 spiro atoms. The molecule has 0 radical (unpaired) electrons. The number of rotatable bonds is 8. The summed E-state index contributed by atoms with van der Waals surface area (Å²) in [7, 11) is 0. The highest BCUT2D eigenvalue weighted by Gasteiger charge is 2.21. The van der Waals surface area contributed by atoms with Gasteiger partial charge in [0.05, 0.1) is 11.4 Å². The van der Waals surface area contributed by atoms with Gasteiger partial charge in [-0.25, -0.2) is 14.5 Å². The molecule has 3 aromatic carbocycles. The van der Waals surface area contributed by atoms with Gasteiger partial charge in [-0.05, 0) is 62.6 Å². The SMILES string of the molecule is CC(C)(C)N.CC(C)c1c(COC(=O)N(c2ccccc2)c2ccccc2)cccc1OCC(=O)O. The topological polar surface area (TPSA) is 102 Å². The lowest BCUT2D eigenvalue weighted by Crippen LogP contribution is -2.26. The van der Waals surface area contributed by atoms with Crippen LogP contribution in [0.25, 0.3) is 0 Å². The van der Waals surface area contributed by atoms with Gasteiger partial charge in [0.1, 0.15) is 12.4 Å². The molecule has 192 valence electrons. The zero-order valence-corrected chi connectivity index (χ0v) is 21.6. The van der Waals surface area contributed by atoms with Gasteiger partial charge in [0.25, 0.3) is 0 Å². The predicted molar refractivity (Wildman–Crippen MR) is 143 cm³/mol. The molecule has 3 rings (SSSR count). The molecule has 0 bridgehead atoms. The smallest absolute Gasteiger partial charge is 0.419 e. The molecule has 0 unspecified atom stereocenters. The summed E-state index contributed by atoms with van der Waals surface area (Å²) >= 11 is 0. The second kappa shape index (κ2) is 13.3. The highest BCUT2D eigenvalue weighted by atomic mass is 16.6. The van der Waals surface area contributed by atoms with Crippen molar-refractivity contribution in [3.63, 3.8) is 0 Å². The Morgan fingerprint density at radius 1 is 0.889 bits per heavy atom. The Kier molecular flexibility index (Phi) is 10.5. The summed E-state index contributed by atoms with van der Waals surface area (Å²) < 4.78 is 11.1. The number of nitrogens with two attached hydrogens (primary N) is 1. The van der Waals surface area contributed by atoms with E-state index < -0.39 is 18.7 Å². The summed E-state index contributed by atoms with van der Waals surface area (Å²) in [6.45, 7) is 9.46. The van der Waals surface area contributed by atoms with Crippen molar-refractivity contribution < 1.29 is 24.2 Å². The maximum atomic E-state index is 13.1. The Balaban J connectivity index is 0.000000830. The molecule has 0 saturated heterocycles. The van der Waals surface area contributed by atoms with E-state index in [1.54, 1.807) is 12.1 Å². The number of carboxylic acid groups (broad SMARTS) is 1. The largest absolute Gasteiger partial charge is 0.482 e. The molecular weight excluding hydrogens is 456 g/mol. The molecule has 7 heteroatoms. The van der Waals surface area contributed by atoms with Crippen LogP contribution in [0.4, 0.5) is 16.2 Å². The first-order valence-corrected chi connectivity index (χ1v) is 11.8. The monoisotopic (exact) mass is 492 g/mol. The summed E-state index contributed by atoms with van der Waals surface area (Å²) in [5, 5.41) is 8.93. The van der Waals surface area contributed by atoms with Crippen LogP contribution in [0.3, 0.4) is 0 Å². The van der Waals surface area contributed by atoms with E-state index in [0.29, 0.717) is 17.1 Å². The van der Waals surface area contributed by atoms with E-state index in [9.17, 15) is 9.59 Å². The molecule has 0 atom stereocenters. The standard InChI is InChI=1S/C25H25NO5.C4H11N/c1-18(2)24-19(10-9-15-22(24)30-17-23(27)28)16-31-25(29)26(20-11-5-3-6-12-20)21-13-7-4-8-14-21;1-4(2,3)5/h3-15,18H,16-17H2,1-2H3,(H,27,28);5H2,1-3H3. The molecule has 0 saturated carbocycles. The van der Waals surface area contributed by atoms with Crippen LogP contribution >= 0.6 is 0 Å². The maximum absolute atomic E-state index is 13.1. The zero-order valence-electron chi connectivity index (χ0n) is 21.6. The maximum Gasteiger partial charge on any atom is 0.419 e. The highest BCUT2D eigenvalue weighted by Crippen LogP contribution is 2.31. The second-order valence-corrected chi connectivity index (χ2v) is 9.59. The minimum Gasteiger partial charge on any atom is -0.482 e. The molecule has 0 fully saturated rings. The van der Waals surface area contributed by atoms with Crippen LogP contribution in [-0.4, -0.2) is 29.3 Å². The molecule has 0 aromatic heterocycles. The molecule has 3 N–H and O–H groups in total. The van der Waals surface area contributed by atoms with E-state index in [1.165, 1.54) is 4.90 Å². The number of benzene rings is 3. The number of nitrogens with zero attached hydrogens (tertiary/aromatic N) is 1. The van der Waals surface area contributed by atoms with Gasteiger partial charge in [0.2, 0.25) is 0 Å². The van der Waals surface area contributed by atoms with E-state index in [-0.39, 0.29) is 18.1 Å². The average molecular weight is 493 g/mol. The van der Waals surface area contributed by atoms with Crippen molar-refractivity contribution in [3.05, 3.63) is 90.0 Å². The fraction of sp³-hybridized carbons (Fsp3) is 0.310. The Morgan fingerprint density at radius 3 is 1.83 bits per heavy atom. The van der Waals surface area contributed by atoms with Crippen molar-refractivity contribution in [1.82, 2.24) is 0 Å². The summed E-state index contributed by atoms with van der Waals surface area (Å²) in [6, 6.07) is 23.9. The number of amides is 1. The van der Waals surface area contributed by atoms with E-state index in [1.807, 2.05) is 101 Å². The van der Waals surface area contributed by atoms with Crippen LogP contribution in [0.1, 0.15) is 51.7 Å². The zero-order chi connectivity index (χ0) is 26.7. The Morgan fingerprint density at radius 2 is 1.39 bits per heavy atom. The summed E-state index contributed by atoms with van der Waals surface area (Å²) in [5.74, 6) is -0.514. The molecule has 7 nitrogen and oxygen atoms in total. The molecule has 36 heavy (non-hydrogen) atoms. The first-order chi connectivity index (χ1) is 17.0. The Labute approximate surface area is 213 Å². The normalized spacial score (nSPS) is 10.8. The van der Waals surface area contributed by atoms with Crippen LogP contribution < -0.4 is 15.4 Å². The average Bonchev–Trinajstić information content (AvgIpc) is 2.81. The molecule has 1 amide bonds. The third-order valence-corrected chi connectivity index (χ3v) is 4.65. The van der Waals surface area contributed by atoms with Crippen LogP contribution in [0.5, 0.6) is 5.75 Å². The quantitative estimate of drug-likeness (QED) is 0.372. The first-order valence-electron chi connectivity index (χ1n) is 11.8. The van der Waals surface area contributed by atoms with Gasteiger partial charge in [0.15, 0.2) is 6.61 Å². The van der Waals surface area contributed by atoms with E-state index in [0.717, 1.165) is 11.1 Å². The molecular formula is C29H36N2O5. The summed E-state index contributed by atoms with van der Waals surface area (Å²) in [4.78, 5) is 25.5. The number of aliphatic carboxylic acids is 1. The van der Waals surface area contributed by atoms with Crippen LogP contribution in [0.15, 0.2) is 78.9 Å². The third kappa shape index (κ3) is 9.43. The van der Waals surface area contributed by atoms with Crippen molar-refractivity contribution >= 4 is 23.4 Å². The number of hydrogen-bond acceptors (Lipinski definition) is 5. The van der Waals surface area contributed by atoms with Crippen molar-refractivity contribution in [2.45, 2.75) is 52.7 Å². The first kappa shape index (κ1) is 28.4. The van der Waals surface area contributed by atoms with Gasteiger partial charge in [-0.15, -0.1) is 0 Å². The van der Waals surface area contributed by atoms with Crippen molar-refractivity contribution in [2.24, 2.45) is 5.73 Å². The fourth-order valence-electron chi connectivity index (χ4n) is 3.35. The Hall–Kier alpha value is -3.84. The van der Waals surface area contributed by atoms with E-state index in [2.05, 4.69) is 0 Å². The van der Waals surface area contributed by atoms with Crippen molar-refractivity contribution in [1.29, 1.82) is 0 Å². The van der Waals surface area contributed by atoms with E-state index >= 15 is 0 Å². The van der Waals surface area contributed by atoms with Gasteiger partial charge in [-0.1, -0.05) is 62.4 Å². The summed E-state index contributed by atoms with van der Waals surface area (Å²) in [5.41, 5.74) is 8.34. The minimum atomic E-state index is -1.05. The third-order valence-electron chi connectivity index (χ3n) is 4.65. The number of anilines is 2. The predicted octanol–water partition coefficient (Wildman–Crippen LogP) is 6.49. The summed E-state index contributed by atoms with van der Waals surface area (Å²) in [6.07, 6.45) is -0.510. The lowest BCUT2D eigenvalue weighted by Gasteiger charge is -2.23. The lowest BCUT2D eigenvalue weighted by molar-refractivity contribution is -0.139. The highest BCUT2D eigenvalue weighted by molar-refractivity contribution is 5.95. The van der Waals surface area contributed by atoms with Crippen molar-refractivity contribution in [2.75, 3.05) is 11.5 Å². The minimum absolute atomic E-state index is 0. The van der Waals surface area contributed by atoms with Crippen molar-refractivity contribution in [3.8, 4) is 5.75 Å². The second-order valence-electron chi connectivity index (χ2n) is 9.59. The number of carboxylic acids is 1. The van der Waals surface area contributed by atoms with Gasteiger partial charge in [0, 0.05) is 11.1 Å². The van der Waals surface area contributed by atoms with Gasteiger partial charge in [-0.2, -0.15) is 0 Å². The molecule has 0 heterocycles.